The number of hydrogen-bond donors (Lipinski definition) is 1. The zero-order valence-corrected chi connectivity index (χ0v) is 14.3. The van der Waals surface area contributed by atoms with Crippen LogP contribution in [0.3, 0.4) is 0 Å². The van der Waals surface area contributed by atoms with Crippen molar-refractivity contribution in [2.24, 2.45) is 5.92 Å². The van der Waals surface area contributed by atoms with Crippen LogP contribution in [0, 0.1) is 11.3 Å². The summed E-state index contributed by atoms with van der Waals surface area (Å²) in [6.07, 6.45) is 2.91. The maximum atomic E-state index is 8.07. The number of benzene rings is 1. The second kappa shape index (κ2) is 6.36. The first-order valence-electron chi connectivity index (χ1n) is 6.17. The smallest absolute Gasteiger partial charge is 0.105 e. The minimum Gasteiger partial charge on any atom is -0.305 e. The third-order valence-corrected chi connectivity index (χ3v) is 5.94. The second-order valence-electron chi connectivity index (χ2n) is 4.60. The summed E-state index contributed by atoms with van der Waals surface area (Å²) in [5.74, 6) is 1.33. The molecule has 1 aliphatic rings. The van der Waals surface area contributed by atoms with E-state index in [1.165, 1.54) is 20.0 Å². The van der Waals surface area contributed by atoms with Crippen LogP contribution in [-0.4, -0.2) is 21.1 Å². The molecular formula is C14H12IN3S2. The number of hydrogen-bond acceptors (Lipinski definition) is 5. The maximum Gasteiger partial charge on any atom is 0.105 e. The molecule has 3 rings (SSSR count). The third-order valence-electron chi connectivity index (χ3n) is 3.22. The second-order valence-corrected chi connectivity index (χ2v) is 8.17. The topological polar surface area (TPSA) is 49.6 Å². The Bertz CT molecular complexity index is 635. The van der Waals surface area contributed by atoms with Crippen molar-refractivity contribution >= 4 is 51.6 Å². The summed E-state index contributed by atoms with van der Waals surface area (Å²) in [6.45, 7) is 0. The number of nitrogens with zero attached hydrogens (tertiary/aromatic N) is 2. The van der Waals surface area contributed by atoms with Gasteiger partial charge in [-0.05, 0) is 52.2 Å². The molecule has 1 atom stereocenters. The molecule has 0 spiro atoms. The molecule has 0 amide bonds. The van der Waals surface area contributed by atoms with Crippen molar-refractivity contribution in [3.63, 3.8) is 0 Å². The highest BCUT2D eigenvalue weighted by Gasteiger charge is 2.19. The van der Waals surface area contributed by atoms with Crippen LogP contribution in [0.5, 0.6) is 0 Å². The molecule has 0 aliphatic carbocycles. The van der Waals surface area contributed by atoms with Crippen LogP contribution in [0.25, 0.3) is 11.3 Å². The first kappa shape index (κ1) is 14.2. The van der Waals surface area contributed by atoms with Crippen molar-refractivity contribution in [2.45, 2.75) is 6.42 Å². The molecule has 6 heteroatoms. The number of halogens is 1. The first-order valence-corrected chi connectivity index (χ1v) is 9.07. The molecule has 0 fully saturated rings. The molecular weight excluding hydrogens is 401 g/mol. The Balaban J connectivity index is 1.71. The van der Waals surface area contributed by atoms with Crippen LogP contribution in [-0.2, 0) is 6.42 Å². The van der Waals surface area contributed by atoms with Crippen molar-refractivity contribution in [1.29, 1.82) is 5.41 Å². The summed E-state index contributed by atoms with van der Waals surface area (Å²) < 4.78 is 5.10. The lowest BCUT2D eigenvalue weighted by Crippen LogP contribution is -2.20. The van der Waals surface area contributed by atoms with E-state index in [1.807, 2.05) is 23.2 Å². The maximum absolute atomic E-state index is 8.07. The van der Waals surface area contributed by atoms with Crippen LogP contribution in [0.4, 0.5) is 0 Å². The summed E-state index contributed by atoms with van der Waals surface area (Å²) in [4.78, 5) is 0. The van der Waals surface area contributed by atoms with Crippen LogP contribution >= 0.6 is 45.9 Å². The predicted octanol–water partition coefficient (Wildman–Crippen LogP) is 4.41. The van der Waals surface area contributed by atoms with E-state index < -0.39 is 0 Å². The fraction of sp³-hybridized carbons (Fsp3) is 0.214. The normalized spacial score (nSPS) is 18.9. The molecule has 1 aromatic heterocycles. The molecule has 1 aliphatic heterocycles. The van der Waals surface area contributed by atoms with Gasteiger partial charge in [0.15, 0.2) is 0 Å². The van der Waals surface area contributed by atoms with Gasteiger partial charge >= 0.3 is 0 Å². The number of thioether (sulfide) groups is 1. The molecule has 1 unspecified atom stereocenters. The van der Waals surface area contributed by atoms with Crippen LogP contribution < -0.4 is 0 Å². The van der Waals surface area contributed by atoms with E-state index in [1.54, 1.807) is 0 Å². The van der Waals surface area contributed by atoms with Gasteiger partial charge in [0.1, 0.15) is 5.69 Å². The fourth-order valence-electron chi connectivity index (χ4n) is 2.11. The lowest BCUT2D eigenvalue weighted by molar-refractivity contribution is 0.776. The van der Waals surface area contributed by atoms with Gasteiger partial charge in [0, 0.05) is 31.2 Å². The predicted molar refractivity (Wildman–Crippen MR) is 94.8 cm³/mol. The Morgan fingerprint density at radius 2 is 2.10 bits per heavy atom. The van der Waals surface area contributed by atoms with Crippen LogP contribution in [0.1, 0.15) is 5.56 Å². The standard InChI is InChI=1S/C14H12IN3S2/c15-14-6-12(16)11(7-19-14)5-9-1-3-10(4-2-9)13-8-20-18-17-13/h1-4,6,8,11,16H,5,7H2. The Morgan fingerprint density at radius 3 is 2.75 bits per heavy atom. The molecule has 0 bridgehead atoms. The van der Waals surface area contributed by atoms with Crippen molar-refractivity contribution in [3.8, 4) is 11.3 Å². The fourth-order valence-corrected chi connectivity index (χ4v) is 4.32. The molecule has 0 saturated carbocycles. The molecule has 2 heterocycles. The van der Waals surface area contributed by atoms with Gasteiger partial charge in [0.05, 0.1) is 0 Å². The van der Waals surface area contributed by atoms with Gasteiger partial charge < -0.3 is 5.41 Å². The highest BCUT2D eigenvalue weighted by molar-refractivity contribution is 14.1. The van der Waals surface area contributed by atoms with Gasteiger partial charge in [-0.3, -0.25) is 0 Å². The van der Waals surface area contributed by atoms with Crippen molar-refractivity contribution < 1.29 is 0 Å². The zero-order chi connectivity index (χ0) is 13.9. The Labute approximate surface area is 139 Å². The van der Waals surface area contributed by atoms with Crippen molar-refractivity contribution in [3.05, 3.63) is 44.2 Å². The largest absolute Gasteiger partial charge is 0.305 e. The lowest BCUT2D eigenvalue weighted by Gasteiger charge is -2.20. The SMILES string of the molecule is N=C1C=C(I)SCC1Cc1ccc(-c2csnn2)cc1. The Hall–Kier alpha value is -0.730. The summed E-state index contributed by atoms with van der Waals surface area (Å²) in [5.41, 5.74) is 4.06. The van der Waals surface area contributed by atoms with Crippen LogP contribution in [0.15, 0.2) is 38.6 Å². The Morgan fingerprint density at radius 1 is 1.30 bits per heavy atom. The average Bonchev–Trinajstić information content (AvgIpc) is 2.97. The number of nitrogens with one attached hydrogen (secondary N) is 1. The van der Waals surface area contributed by atoms with Crippen molar-refractivity contribution in [2.75, 3.05) is 5.75 Å². The minimum atomic E-state index is 0.324. The molecule has 1 N–H and O–H groups in total. The van der Waals surface area contributed by atoms with E-state index in [0.717, 1.165) is 29.1 Å². The number of rotatable bonds is 3. The molecule has 20 heavy (non-hydrogen) atoms. The molecule has 2 aromatic rings. The summed E-state index contributed by atoms with van der Waals surface area (Å²) >= 11 is 5.50. The van der Waals surface area contributed by atoms with Gasteiger partial charge in [-0.1, -0.05) is 28.8 Å². The molecule has 1 aromatic carbocycles. The van der Waals surface area contributed by atoms with E-state index in [4.69, 9.17) is 5.41 Å². The number of aromatic nitrogens is 2. The van der Waals surface area contributed by atoms with Gasteiger partial charge in [0.25, 0.3) is 0 Å². The molecule has 0 saturated heterocycles. The summed E-state index contributed by atoms with van der Waals surface area (Å²) in [6, 6.07) is 8.45. The molecule has 3 nitrogen and oxygen atoms in total. The van der Waals surface area contributed by atoms with Gasteiger partial charge in [-0.2, -0.15) is 0 Å². The monoisotopic (exact) mass is 413 g/mol. The summed E-state index contributed by atoms with van der Waals surface area (Å²) in [7, 11) is 0. The molecule has 0 radical (unpaired) electrons. The van der Waals surface area contributed by atoms with E-state index in [9.17, 15) is 0 Å². The zero-order valence-electron chi connectivity index (χ0n) is 10.5. The van der Waals surface area contributed by atoms with E-state index in [-0.39, 0.29) is 0 Å². The Kier molecular flexibility index (Phi) is 4.52. The highest BCUT2D eigenvalue weighted by Crippen LogP contribution is 2.32. The van der Waals surface area contributed by atoms with Gasteiger partial charge in [0.2, 0.25) is 0 Å². The minimum absolute atomic E-state index is 0.324. The summed E-state index contributed by atoms with van der Waals surface area (Å²) in [5, 5.41) is 14.1. The lowest BCUT2D eigenvalue weighted by atomic mass is 9.95. The van der Waals surface area contributed by atoms with Crippen LogP contribution in [0.2, 0.25) is 0 Å². The van der Waals surface area contributed by atoms with E-state index in [0.29, 0.717) is 5.92 Å². The van der Waals surface area contributed by atoms with E-state index >= 15 is 0 Å². The van der Waals surface area contributed by atoms with Gasteiger partial charge in [-0.25, -0.2) is 0 Å². The number of allylic oxidation sites excluding steroid dienone is 1. The average molecular weight is 413 g/mol. The third kappa shape index (κ3) is 3.29. The first-order chi connectivity index (χ1) is 9.72. The van der Waals surface area contributed by atoms with Crippen molar-refractivity contribution in [1.82, 2.24) is 9.59 Å². The quantitative estimate of drug-likeness (QED) is 0.759. The highest BCUT2D eigenvalue weighted by atomic mass is 127. The van der Waals surface area contributed by atoms with E-state index in [2.05, 4.69) is 56.4 Å². The molecule has 102 valence electrons. The van der Waals surface area contributed by atoms with Gasteiger partial charge in [-0.15, -0.1) is 16.9 Å².